The molecule has 1 aromatic rings. The Kier molecular flexibility index (Phi) is 4.66. The van der Waals surface area contributed by atoms with E-state index in [2.05, 4.69) is 10.2 Å². The smallest absolute Gasteiger partial charge is 0.257 e. The molecule has 1 N–H and O–H groups in total. The van der Waals surface area contributed by atoms with Crippen LogP contribution in [0.3, 0.4) is 0 Å². The summed E-state index contributed by atoms with van der Waals surface area (Å²) >= 11 is 0. The van der Waals surface area contributed by atoms with E-state index in [1.165, 1.54) is 6.20 Å². The minimum atomic E-state index is -0.321. The third kappa shape index (κ3) is 3.10. The minimum absolute atomic E-state index is 0.0247. The van der Waals surface area contributed by atoms with E-state index >= 15 is 0 Å². The van der Waals surface area contributed by atoms with Crippen LogP contribution in [0.5, 0.6) is 0 Å². The number of hydrogen-bond donors (Lipinski definition) is 1. The van der Waals surface area contributed by atoms with E-state index in [4.69, 9.17) is 4.74 Å². The molecular weight excluding hydrogens is 296 g/mol. The first kappa shape index (κ1) is 16.0. The molecule has 7 heteroatoms. The zero-order chi connectivity index (χ0) is 16.3. The Labute approximate surface area is 136 Å². The van der Waals surface area contributed by atoms with Gasteiger partial charge >= 0.3 is 0 Å². The molecular formula is C16H24N4O3. The lowest BCUT2D eigenvalue weighted by Gasteiger charge is -2.42. The maximum atomic E-state index is 12.9. The maximum absolute atomic E-state index is 12.9. The van der Waals surface area contributed by atoms with Crippen LogP contribution in [0.25, 0.3) is 0 Å². The number of aromatic amines is 1. The van der Waals surface area contributed by atoms with Crippen LogP contribution in [0.2, 0.25) is 0 Å². The molecule has 1 aliphatic heterocycles. The second kappa shape index (κ2) is 6.70. The van der Waals surface area contributed by atoms with Gasteiger partial charge in [0, 0.05) is 39.5 Å². The number of nitrogens with zero attached hydrogens (tertiary/aromatic N) is 3. The van der Waals surface area contributed by atoms with E-state index in [1.807, 2.05) is 9.80 Å². The second-order valence-electron chi connectivity index (χ2n) is 6.49. The number of methoxy groups -OCH3 is 1. The van der Waals surface area contributed by atoms with Gasteiger partial charge in [-0.1, -0.05) is 6.42 Å². The van der Waals surface area contributed by atoms with Crippen LogP contribution in [0, 0.1) is 5.41 Å². The lowest BCUT2D eigenvalue weighted by Crippen LogP contribution is -2.51. The predicted octanol–water partition coefficient (Wildman–Crippen LogP) is 0.901. The molecule has 0 spiro atoms. The first-order valence-electron chi connectivity index (χ1n) is 8.23. The van der Waals surface area contributed by atoms with Gasteiger partial charge in [0.05, 0.1) is 23.8 Å². The first-order valence-corrected chi connectivity index (χ1v) is 8.23. The fourth-order valence-electron chi connectivity index (χ4n) is 3.51. The van der Waals surface area contributed by atoms with Gasteiger partial charge in [-0.3, -0.25) is 14.7 Å². The zero-order valence-corrected chi connectivity index (χ0v) is 13.6. The van der Waals surface area contributed by atoms with Crippen LogP contribution >= 0.6 is 0 Å². The highest BCUT2D eigenvalue weighted by Gasteiger charge is 2.46. The van der Waals surface area contributed by atoms with Crippen molar-refractivity contribution < 1.29 is 14.3 Å². The Morgan fingerprint density at radius 1 is 1.22 bits per heavy atom. The van der Waals surface area contributed by atoms with Gasteiger partial charge in [0.2, 0.25) is 5.91 Å². The normalized spacial score (nSPS) is 20.7. The minimum Gasteiger partial charge on any atom is -0.384 e. The summed E-state index contributed by atoms with van der Waals surface area (Å²) in [6.07, 6.45) is 6.87. The average molecular weight is 320 g/mol. The fraction of sp³-hybridized carbons (Fsp3) is 0.688. The van der Waals surface area contributed by atoms with Gasteiger partial charge in [-0.05, 0) is 19.3 Å². The molecule has 0 unspecified atom stereocenters. The van der Waals surface area contributed by atoms with Crippen molar-refractivity contribution >= 4 is 11.8 Å². The van der Waals surface area contributed by atoms with Crippen LogP contribution in [0.4, 0.5) is 0 Å². The Morgan fingerprint density at radius 3 is 2.57 bits per heavy atom. The second-order valence-corrected chi connectivity index (χ2v) is 6.49. The molecule has 0 bridgehead atoms. The predicted molar refractivity (Wildman–Crippen MR) is 83.8 cm³/mol. The van der Waals surface area contributed by atoms with E-state index in [0.717, 1.165) is 25.7 Å². The molecule has 2 fully saturated rings. The average Bonchev–Trinajstić information content (AvgIpc) is 2.94. The molecule has 0 aromatic carbocycles. The van der Waals surface area contributed by atoms with Crippen molar-refractivity contribution in [2.24, 2.45) is 5.41 Å². The standard InChI is InChI=1S/C16H24N4O3/c1-23-12-16(4-2-5-16)15(22)20-7-3-6-19(8-9-20)14(21)13-10-17-18-11-13/h10-11H,2-9,12H2,1H3,(H,17,18). The fourth-order valence-corrected chi connectivity index (χ4v) is 3.51. The number of ether oxygens (including phenoxy) is 1. The highest BCUT2D eigenvalue weighted by molar-refractivity contribution is 5.93. The Morgan fingerprint density at radius 2 is 1.96 bits per heavy atom. The number of rotatable bonds is 4. The summed E-state index contributed by atoms with van der Waals surface area (Å²) in [5.74, 6) is 0.173. The Bertz CT molecular complexity index is 554. The van der Waals surface area contributed by atoms with Gasteiger partial charge in [-0.15, -0.1) is 0 Å². The number of H-pyrrole nitrogens is 1. The first-order chi connectivity index (χ1) is 11.2. The van der Waals surface area contributed by atoms with Crippen molar-refractivity contribution in [3.63, 3.8) is 0 Å². The third-order valence-electron chi connectivity index (χ3n) is 5.00. The molecule has 7 nitrogen and oxygen atoms in total. The summed E-state index contributed by atoms with van der Waals surface area (Å²) in [5, 5.41) is 6.49. The van der Waals surface area contributed by atoms with E-state index in [9.17, 15) is 9.59 Å². The van der Waals surface area contributed by atoms with Crippen LogP contribution < -0.4 is 0 Å². The van der Waals surface area contributed by atoms with Crippen molar-refractivity contribution in [1.82, 2.24) is 20.0 Å². The number of hydrogen-bond acceptors (Lipinski definition) is 4. The number of amides is 2. The van der Waals surface area contributed by atoms with E-state index < -0.39 is 0 Å². The van der Waals surface area contributed by atoms with Gasteiger partial charge in [0.1, 0.15) is 0 Å². The molecule has 0 radical (unpaired) electrons. The molecule has 1 saturated carbocycles. The molecule has 1 aromatic heterocycles. The Balaban J connectivity index is 1.62. The van der Waals surface area contributed by atoms with Crippen molar-refractivity contribution in [3.05, 3.63) is 18.0 Å². The lowest BCUT2D eigenvalue weighted by atomic mass is 9.68. The molecule has 23 heavy (non-hydrogen) atoms. The van der Waals surface area contributed by atoms with Gasteiger partial charge in [0.15, 0.2) is 0 Å². The summed E-state index contributed by atoms with van der Waals surface area (Å²) in [6.45, 7) is 3.04. The van der Waals surface area contributed by atoms with Gasteiger partial charge < -0.3 is 14.5 Å². The SMILES string of the molecule is COCC1(C(=O)N2CCCN(C(=O)c3cn[nH]c3)CC2)CCC1. The third-order valence-corrected chi connectivity index (χ3v) is 5.00. The largest absolute Gasteiger partial charge is 0.384 e. The quantitative estimate of drug-likeness (QED) is 0.894. The molecule has 126 valence electrons. The summed E-state index contributed by atoms with van der Waals surface area (Å²) in [5.41, 5.74) is 0.248. The van der Waals surface area contributed by atoms with E-state index in [1.54, 1.807) is 13.3 Å². The van der Waals surface area contributed by atoms with Crippen LogP contribution in [0.15, 0.2) is 12.4 Å². The van der Waals surface area contributed by atoms with Crippen LogP contribution in [0.1, 0.15) is 36.0 Å². The lowest BCUT2D eigenvalue weighted by molar-refractivity contribution is -0.152. The summed E-state index contributed by atoms with van der Waals surface area (Å²) < 4.78 is 5.28. The van der Waals surface area contributed by atoms with E-state index in [-0.39, 0.29) is 17.2 Å². The molecule has 3 rings (SSSR count). The summed E-state index contributed by atoms with van der Waals surface area (Å²) in [4.78, 5) is 29.0. The molecule has 1 aliphatic carbocycles. The van der Waals surface area contributed by atoms with Crippen LogP contribution in [-0.2, 0) is 9.53 Å². The molecule has 2 aliphatic rings. The summed E-state index contributed by atoms with van der Waals surface area (Å²) in [7, 11) is 1.65. The van der Waals surface area contributed by atoms with Gasteiger partial charge in [0.25, 0.3) is 5.91 Å². The highest BCUT2D eigenvalue weighted by Crippen LogP contribution is 2.42. The van der Waals surface area contributed by atoms with E-state index in [0.29, 0.717) is 38.3 Å². The molecule has 0 atom stereocenters. The molecule has 2 heterocycles. The zero-order valence-electron chi connectivity index (χ0n) is 13.6. The number of nitrogens with one attached hydrogen (secondary N) is 1. The number of carbonyl (C=O) groups is 2. The van der Waals surface area contributed by atoms with Crippen molar-refractivity contribution in [2.75, 3.05) is 39.9 Å². The van der Waals surface area contributed by atoms with Crippen molar-refractivity contribution in [1.29, 1.82) is 0 Å². The monoisotopic (exact) mass is 320 g/mol. The van der Waals surface area contributed by atoms with Crippen LogP contribution in [-0.4, -0.2) is 71.7 Å². The van der Waals surface area contributed by atoms with Gasteiger partial charge in [-0.25, -0.2) is 0 Å². The number of aromatic nitrogens is 2. The Hall–Kier alpha value is -1.89. The number of carbonyl (C=O) groups excluding carboxylic acids is 2. The molecule has 2 amide bonds. The van der Waals surface area contributed by atoms with Gasteiger partial charge in [-0.2, -0.15) is 5.10 Å². The maximum Gasteiger partial charge on any atom is 0.257 e. The summed E-state index contributed by atoms with van der Waals surface area (Å²) in [6, 6.07) is 0. The highest BCUT2D eigenvalue weighted by atomic mass is 16.5. The molecule has 1 saturated heterocycles. The topological polar surface area (TPSA) is 78.5 Å². The van der Waals surface area contributed by atoms with Crippen molar-refractivity contribution in [3.8, 4) is 0 Å². The van der Waals surface area contributed by atoms with Crippen molar-refractivity contribution in [2.45, 2.75) is 25.7 Å².